The van der Waals surface area contributed by atoms with E-state index in [9.17, 15) is 0 Å². The van der Waals surface area contributed by atoms with Gasteiger partial charge in [-0.1, -0.05) is 12.1 Å². The van der Waals surface area contributed by atoms with E-state index in [1.807, 2.05) is 30.1 Å². The van der Waals surface area contributed by atoms with E-state index in [2.05, 4.69) is 30.5 Å². The molecule has 0 radical (unpaired) electrons. The number of hydrogen-bond donors (Lipinski definition) is 2. The van der Waals surface area contributed by atoms with Gasteiger partial charge >= 0.3 is 0 Å². The van der Waals surface area contributed by atoms with Gasteiger partial charge in [-0.3, -0.25) is 0 Å². The molecule has 0 amide bonds. The van der Waals surface area contributed by atoms with E-state index >= 15 is 0 Å². The van der Waals surface area contributed by atoms with Gasteiger partial charge in [-0.15, -0.1) is 11.3 Å². The third-order valence-corrected chi connectivity index (χ3v) is 4.44. The first-order valence-corrected chi connectivity index (χ1v) is 7.91. The maximum atomic E-state index is 5.39. The zero-order valence-electron chi connectivity index (χ0n) is 12.1. The second kappa shape index (κ2) is 6.97. The highest BCUT2D eigenvalue weighted by Gasteiger charge is 2.09. The molecular weight excluding hydrogens is 288 g/mol. The SMILES string of the molecule is CN(Cc1nc2ccccc2s1)C(=S)NCC[NH+](C)C. The highest BCUT2D eigenvalue weighted by molar-refractivity contribution is 7.80. The van der Waals surface area contributed by atoms with Crippen molar-refractivity contribution in [1.82, 2.24) is 15.2 Å². The standard InChI is InChI=1S/C14H20N4S2/c1-17(2)9-8-15-14(19)18(3)10-13-16-11-6-4-5-7-12(11)20-13/h4-7H,8-10H2,1-3H3,(H,15,19)/p+1. The zero-order valence-corrected chi connectivity index (χ0v) is 13.8. The lowest BCUT2D eigenvalue weighted by Crippen LogP contribution is -3.06. The number of hydrogen-bond acceptors (Lipinski definition) is 3. The van der Waals surface area contributed by atoms with E-state index in [0.29, 0.717) is 0 Å². The Morgan fingerprint density at radius 1 is 1.40 bits per heavy atom. The molecule has 108 valence electrons. The molecule has 0 spiro atoms. The third-order valence-electron chi connectivity index (χ3n) is 2.96. The molecule has 0 aliphatic carbocycles. The maximum absolute atomic E-state index is 5.39. The summed E-state index contributed by atoms with van der Waals surface area (Å²) in [5, 5.41) is 5.16. The molecule has 20 heavy (non-hydrogen) atoms. The molecular formula is C14H21N4S2+. The second-order valence-corrected chi connectivity index (χ2v) is 6.62. The fourth-order valence-electron chi connectivity index (χ4n) is 1.82. The topological polar surface area (TPSA) is 32.6 Å². The largest absolute Gasteiger partial charge is 0.357 e. The van der Waals surface area contributed by atoms with Crippen LogP contribution in [0.5, 0.6) is 0 Å². The fraction of sp³-hybridized carbons (Fsp3) is 0.429. The molecule has 2 rings (SSSR count). The molecule has 0 saturated carbocycles. The number of quaternary nitrogens is 1. The van der Waals surface area contributed by atoms with Gasteiger partial charge in [0.05, 0.1) is 43.9 Å². The summed E-state index contributed by atoms with van der Waals surface area (Å²) >= 11 is 7.12. The quantitative estimate of drug-likeness (QED) is 0.799. The lowest BCUT2D eigenvalue weighted by Gasteiger charge is -2.20. The van der Waals surface area contributed by atoms with Crippen molar-refractivity contribution < 1.29 is 4.90 Å². The first-order chi connectivity index (χ1) is 9.56. The van der Waals surface area contributed by atoms with Crippen LogP contribution in [0.15, 0.2) is 24.3 Å². The number of likely N-dealkylation sites (N-methyl/N-ethyl adjacent to an activating group) is 1. The summed E-state index contributed by atoms with van der Waals surface area (Å²) < 4.78 is 1.23. The van der Waals surface area contributed by atoms with E-state index in [-0.39, 0.29) is 0 Å². The van der Waals surface area contributed by atoms with Gasteiger partial charge in [0.2, 0.25) is 0 Å². The van der Waals surface area contributed by atoms with Gasteiger partial charge in [-0.2, -0.15) is 0 Å². The van der Waals surface area contributed by atoms with Crippen molar-refractivity contribution in [3.8, 4) is 0 Å². The van der Waals surface area contributed by atoms with Gasteiger partial charge in [0, 0.05) is 7.05 Å². The second-order valence-electron chi connectivity index (χ2n) is 5.12. The Morgan fingerprint density at radius 2 is 2.15 bits per heavy atom. The molecule has 6 heteroatoms. The molecule has 4 nitrogen and oxygen atoms in total. The number of rotatable bonds is 5. The summed E-state index contributed by atoms with van der Waals surface area (Å²) in [6, 6.07) is 8.22. The number of para-hydroxylation sites is 1. The van der Waals surface area contributed by atoms with E-state index in [4.69, 9.17) is 12.2 Å². The highest BCUT2D eigenvalue weighted by atomic mass is 32.1. The maximum Gasteiger partial charge on any atom is 0.169 e. The predicted molar refractivity (Wildman–Crippen MR) is 89.4 cm³/mol. The molecule has 1 heterocycles. The Bertz CT molecular complexity index is 546. The van der Waals surface area contributed by atoms with Crippen molar-refractivity contribution in [2.75, 3.05) is 34.2 Å². The summed E-state index contributed by atoms with van der Waals surface area (Å²) in [4.78, 5) is 8.08. The van der Waals surface area contributed by atoms with Crippen LogP contribution in [-0.4, -0.2) is 49.2 Å². The lowest BCUT2D eigenvalue weighted by molar-refractivity contribution is -0.856. The van der Waals surface area contributed by atoms with Gasteiger partial charge in [-0.25, -0.2) is 4.98 Å². The average Bonchev–Trinajstić information content (AvgIpc) is 2.80. The van der Waals surface area contributed by atoms with Crippen LogP contribution in [0.2, 0.25) is 0 Å². The van der Waals surface area contributed by atoms with Gasteiger partial charge < -0.3 is 15.1 Å². The molecule has 0 saturated heterocycles. The Morgan fingerprint density at radius 3 is 2.85 bits per heavy atom. The molecule has 0 aliphatic heterocycles. The average molecular weight is 309 g/mol. The number of fused-ring (bicyclic) bond motifs is 1. The van der Waals surface area contributed by atoms with Crippen molar-refractivity contribution >= 4 is 38.9 Å². The first-order valence-electron chi connectivity index (χ1n) is 6.68. The molecule has 0 bridgehead atoms. The van der Waals surface area contributed by atoms with Gasteiger partial charge in [0.25, 0.3) is 0 Å². The Kier molecular flexibility index (Phi) is 5.28. The minimum absolute atomic E-state index is 0.750. The number of nitrogens with one attached hydrogen (secondary N) is 2. The summed E-state index contributed by atoms with van der Waals surface area (Å²) in [7, 11) is 6.27. The number of thiocarbonyl (C=S) groups is 1. The van der Waals surface area contributed by atoms with E-state index in [1.54, 1.807) is 11.3 Å². The van der Waals surface area contributed by atoms with Crippen LogP contribution in [0.1, 0.15) is 5.01 Å². The number of nitrogens with zero attached hydrogens (tertiary/aromatic N) is 2. The minimum Gasteiger partial charge on any atom is -0.357 e. The van der Waals surface area contributed by atoms with Crippen molar-refractivity contribution in [1.29, 1.82) is 0 Å². The third kappa shape index (κ3) is 4.13. The summed E-state index contributed by atoms with van der Waals surface area (Å²) in [6.45, 7) is 2.69. The number of thiazole rings is 1. The molecule has 0 unspecified atom stereocenters. The van der Waals surface area contributed by atoms with E-state index < -0.39 is 0 Å². The molecule has 1 aromatic heterocycles. The summed E-state index contributed by atoms with van der Waals surface area (Å²) in [6.07, 6.45) is 0. The van der Waals surface area contributed by atoms with Crippen LogP contribution in [0, 0.1) is 0 Å². The molecule has 2 aromatic rings. The van der Waals surface area contributed by atoms with E-state index in [1.165, 1.54) is 9.60 Å². The van der Waals surface area contributed by atoms with Crippen LogP contribution >= 0.6 is 23.6 Å². The highest BCUT2D eigenvalue weighted by Crippen LogP contribution is 2.22. The fourth-order valence-corrected chi connectivity index (χ4v) is 3.00. The molecule has 1 aromatic carbocycles. The van der Waals surface area contributed by atoms with Crippen molar-refractivity contribution in [3.63, 3.8) is 0 Å². The van der Waals surface area contributed by atoms with Gasteiger partial charge in [0.15, 0.2) is 5.11 Å². The predicted octanol–water partition coefficient (Wildman–Crippen LogP) is 0.747. The smallest absolute Gasteiger partial charge is 0.169 e. The summed E-state index contributed by atoms with van der Waals surface area (Å²) in [5.74, 6) is 0. The monoisotopic (exact) mass is 309 g/mol. The van der Waals surface area contributed by atoms with Crippen molar-refractivity contribution in [2.45, 2.75) is 6.54 Å². The molecule has 0 fully saturated rings. The van der Waals surface area contributed by atoms with Gasteiger partial charge in [-0.05, 0) is 24.4 Å². The van der Waals surface area contributed by atoms with Crippen LogP contribution in [0.3, 0.4) is 0 Å². The Labute approximate surface area is 129 Å². The van der Waals surface area contributed by atoms with Crippen LogP contribution in [0.4, 0.5) is 0 Å². The van der Waals surface area contributed by atoms with Crippen molar-refractivity contribution in [2.24, 2.45) is 0 Å². The van der Waals surface area contributed by atoms with E-state index in [0.717, 1.165) is 35.3 Å². The molecule has 0 aliphatic rings. The Hall–Kier alpha value is -1.24. The normalized spacial score (nSPS) is 11.0. The van der Waals surface area contributed by atoms with Crippen LogP contribution < -0.4 is 10.2 Å². The number of benzene rings is 1. The first kappa shape index (κ1) is 15.2. The van der Waals surface area contributed by atoms with Crippen LogP contribution in [-0.2, 0) is 6.54 Å². The van der Waals surface area contributed by atoms with Gasteiger partial charge in [0.1, 0.15) is 5.01 Å². The Balaban J connectivity index is 1.90. The van der Waals surface area contributed by atoms with Crippen molar-refractivity contribution in [3.05, 3.63) is 29.3 Å². The lowest BCUT2D eigenvalue weighted by atomic mass is 10.3. The van der Waals surface area contributed by atoms with Crippen LogP contribution in [0.25, 0.3) is 10.2 Å². The summed E-state index contributed by atoms with van der Waals surface area (Å²) in [5.41, 5.74) is 1.07. The molecule has 2 N–H and O–H groups in total. The zero-order chi connectivity index (χ0) is 14.5. The minimum atomic E-state index is 0.750. The molecule has 0 atom stereocenters. The number of aromatic nitrogens is 1.